The molecule has 0 atom stereocenters. The Hall–Kier alpha value is -2.62. The molecule has 0 fully saturated rings. The Morgan fingerprint density at radius 3 is 2.63 bits per heavy atom. The maximum Gasteiger partial charge on any atom is 0.307 e. The van der Waals surface area contributed by atoms with Crippen LogP contribution in [0.25, 0.3) is 16.9 Å². The average molecular weight is 252 g/mol. The van der Waals surface area contributed by atoms with Crippen molar-refractivity contribution >= 4 is 11.6 Å². The molecule has 0 saturated heterocycles. The third kappa shape index (κ3) is 2.33. The minimum absolute atomic E-state index is 0.0471. The normalized spacial score (nSPS) is 10.7. The van der Waals surface area contributed by atoms with Gasteiger partial charge in [0.25, 0.3) is 0 Å². The number of fused-ring (bicyclic) bond motifs is 1. The van der Waals surface area contributed by atoms with Crippen molar-refractivity contribution in [2.45, 2.75) is 6.42 Å². The molecule has 0 unspecified atom stereocenters. The van der Waals surface area contributed by atoms with E-state index in [1.807, 2.05) is 59.3 Å². The number of benzene rings is 1. The molecule has 3 aromatic rings. The quantitative estimate of drug-likeness (QED) is 0.779. The summed E-state index contributed by atoms with van der Waals surface area (Å²) in [5, 5.41) is 8.73. The van der Waals surface area contributed by atoms with Gasteiger partial charge in [0.05, 0.1) is 12.1 Å². The van der Waals surface area contributed by atoms with Gasteiger partial charge in [0.2, 0.25) is 0 Å². The Kier molecular flexibility index (Phi) is 2.76. The van der Waals surface area contributed by atoms with Gasteiger partial charge in [-0.2, -0.15) is 0 Å². The van der Waals surface area contributed by atoms with Gasteiger partial charge in [-0.3, -0.25) is 4.79 Å². The van der Waals surface area contributed by atoms with E-state index in [4.69, 9.17) is 5.11 Å². The maximum absolute atomic E-state index is 10.6. The van der Waals surface area contributed by atoms with E-state index in [1.54, 1.807) is 0 Å². The molecular formula is C15H12N2O2. The number of aliphatic carboxylic acids is 1. The predicted octanol–water partition coefficient (Wildman–Crippen LogP) is 2.63. The summed E-state index contributed by atoms with van der Waals surface area (Å²) in [5.41, 5.74) is 3.55. The van der Waals surface area contributed by atoms with Gasteiger partial charge in [-0.1, -0.05) is 30.3 Å². The van der Waals surface area contributed by atoms with Crippen molar-refractivity contribution < 1.29 is 9.90 Å². The highest BCUT2D eigenvalue weighted by Gasteiger charge is 2.05. The number of aromatic nitrogens is 2. The van der Waals surface area contributed by atoms with Crippen LogP contribution in [0.15, 0.2) is 54.9 Å². The summed E-state index contributed by atoms with van der Waals surface area (Å²) in [7, 11) is 0. The average Bonchev–Trinajstić information content (AvgIpc) is 2.82. The number of hydrogen-bond donors (Lipinski definition) is 1. The van der Waals surface area contributed by atoms with E-state index >= 15 is 0 Å². The molecule has 0 spiro atoms. The third-order valence-corrected chi connectivity index (χ3v) is 2.97. The first kappa shape index (κ1) is 11.5. The van der Waals surface area contributed by atoms with Gasteiger partial charge in [0.1, 0.15) is 5.65 Å². The largest absolute Gasteiger partial charge is 0.481 e. The molecule has 0 radical (unpaired) electrons. The summed E-state index contributed by atoms with van der Waals surface area (Å²) in [6.45, 7) is 0. The zero-order valence-electron chi connectivity index (χ0n) is 10.2. The molecule has 0 aliphatic carbocycles. The molecular weight excluding hydrogens is 240 g/mol. The van der Waals surface area contributed by atoms with E-state index < -0.39 is 5.97 Å². The molecule has 0 amide bonds. The van der Waals surface area contributed by atoms with Gasteiger partial charge >= 0.3 is 5.97 Å². The van der Waals surface area contributed by atoms with Gasteiger partial charge in [0, 0.05) is 18.0 Å². The number of hydrogen-bond acceptors (Lipinski definition) is 2. The summed E-state index contributed by atoms with van der Waals surface area (Å²) in [6.07, 6.45) is 3.96. The zero-order chi connectivity index (χ0) is 13.2. The number of carboxylic acid groups (broad SMARTS) is 1. The molecule has 2 aromatic heterocycles. The summed E-state index contributed by atoms with van der Waals surface area (Å²) in [6, 6.07) is 13.3. The summed E-state index contributed by atoms with van der Waals surface area (Å²) in [5.74, 6) is -0.819. The van der Waals surface area contributed by atoms with E-state index in [-0.39, 0.29) is 6.42 Å². The van der Waals surface area contributed by atoms with Crippen molar-refractivity contribution in [1.29, 1.82) is 0 Å². The van der Waals surface area contributed by atoms with Crippen LogP contribution in [0.4, 0.5) is 0 Å². The van der Waals surface area contributed by atoms with Gasteiger partial charge in [0.15, 0.2) is 0 Å². The highest BCUT2D eigenvalue weighted by molar-refractivity contribution is 5.71. The second-order valence-corrected chi connectivity index (χ2v) is 4.36. The van der Waals surface area contributed by atoms with Crippen LogP contribution < -0.4 is 0 Å². The fourth-order valence-electron chi connectivity index (χ4n) is 2.04. The summed E-state index contributed by atoms with van der Waals surface area (Å²) in [4.78, 5) is 15.1. The Morgan fingerprint density at radius 2 is 1.95 bits per heavy atom. The van der Waals surface area contributed by atoms with Crippen molar-refractivity contribution in [2.24, 2.45) is 0 Å². The van der Waals surface area contributed by atoms with Gasteiger partial charge in [-0.15, -0.1) is 0 Å². The Balaban J connectivity index is 1.95. The Morgan fingerprint density at radius 1 is 1.16 bits per heavy atom. The number of rotatable bonds is 3. The molecule has 0 aliphatic rings. The number of carboxylic acids is 1. The molecule has 0 bridgehead atoms. The standard InChI is InChI=1S/C15H12N2O2/c18-15(19)9-11-4-6-12(7-5-11)13-10-17-8-2-1-3-14(17)16-13/h1-8,10H,9H2,(H,18,19). The van der Waals surface area contributed by atoms with Crippen LogP contribution in [-0.4, -0.2) is 20.5 Å². The molecule has 94 valence electrons. The lowest BCUT2D eigenvalue weighted by atomic mass is 10.1. The lowest BCUT2D eigenvalue weighted by Crippen LogP contribution is -1.99. The SMILES string of the molecule is O=C(O)Cc1ccc(-c2cn3ccccc3n2)cc1. The molecule has 3 rings (SSSR count). The maximum atomic E-state index is 10.6. The van der Waals surface area contributed by atoms with Crippen LogP contribution in [0.5, 0.6) is 0 Å². The summed E-state index contributed by atoms with van der Waals surface area (Å²) < 4.78 is 1.96. The third-order valence-electron chi connectivity index (χ3n) is 2.97. The van der Waals surface area contributed by atoms with E-state index in [0.717, 1.165) is 22.5 Å². The number of nitrogens with zero attached hydrogens (tertiary/aromatic N) is 2. The molecule has 2 heterocycles. The highest BCUT2D eigenvalue weighted by Crippen LogP contribution is 2.19. The van der Waals surface area contributed by atoms with Gasteiger partial charge in [-0.05, 0) is 17.7 Å². The molecule has 4 nitrogen and oxygen atoms in total. The fraction of sp³-hybridized carbons (Fsp3) is 0.0667. The van der Waals surface area contributed by atoms with Crippen LogP contribution in [-0.2, 0) is 11.2 Å². The van der Waals surface area contributed by atoms with Crippen LogP contribution in [0.2, 0.25) is 0 Å². The lowest BCUT2D eigenvalue weighted by Gasteiger charge is -1.99. The van der Waals surface area contributed by atoms with Crippen molar-refractivity contribution in [3.63, 3.8) is 0 Å². The fourth-order valence-corrected chi connectivity index (χ4v) is 2.04. The van der Waals surface area contributed by atoms with Crippen molar-refractivity contribution in [1.82, 2.24) is 9.38 Å². The first-order chi connectivity index (χ1) is 9.22. The van der Waals surface area contributed by atoms with Crippen LogP contribution >= 0.6 is 0 Å². The highest BCUT2D eigenvalue weighted by atomic mass is 16.4. The van der Waals surface area contributed by atoms with E-state index in [9.17, 15) is 4.79 Å². The van der Waals surface area contributed by atoms with Crippen LogP contribution in [0.1, 0.15) is 5.56 Å². The molecule has 0 saturated carbocycles. The molecule has 0 aliphatic heterocycles. The van der Waals surface area contributed by atoms with Crippen LogP contribution in [0, 0.1) is 0 Å². The minimum atomic E-state index is -0.819. The van der Waals surface area contributed by atoms with E-state index in [1.165, 1.54) is 0 Å². The molecule has 1 aromatic carbocycles. The van der Waals surface area contributed by atoms with Crippen molar-refractivity contribution in [2.75, 3.05) is 0 Å². The summed E-state index contributed by atoms with van der Waals surface area (Å²) >= 11 is 0. The van der Waals surface area contributed by atoms with E-state index in [0.29, 0.717) is 0 Å². The molecule has 4 heteroatoms. The predicted molar refractivity (Wildman–Crippen MR) is 72.0 cm³/mol. The smallest absolute Gasteiger partial charge is 0.307 e. The van der Waals surface area contributed by atoms with Crippen molar-refractivity contribution in [3.05, 3.63) is 60.4 Å². The molecule has 1 N–H and O–H groups in total. The molecule has 19 heavy (non-hydrogen) atoms. The second-order valence-electron chi connectivity index (χ2n) is 4.36. The number of imidazole rings is 1. The lowest BCUT2D eigenvalue weighted by molar-refractivity contribution is -0.136. The minimum Gasteiger partial charge on any atom is -0.481 e. The second kappa shape index (κ2) is 4.57. The zero-order valence-corrected chi connectivity index (χ0v) is 10.2. The number of carbonyl (C=O) groups is 1. The topological polar surface area (TPSA) is 54.6 Å². The Bertz CT molecular complexity index is 696. The van der Waals surface area contributed by atoms with Crippen molar-refractivity contribution in [3.8, 4) is 11.3 Å². The van der Waals surface area contributed by atoms with E-state index in [2.05, 4.69) is 4.98 Å². The Labute approximate surface area is 110 Å². The monoisotopic (exact) mass is 252 g/mol. The first-order valence-corrected chi connectivity index (χ1v) is 5.97. The van der Waals surface area contributed by atoms with Gasteiger partial charge < -0.3 is 9.51 Å². The van der Waals surface area contributed by atoms with Gasteiger partial charge in [-0.25, -0.2) is 4.98 Å². The first-order valence-electron chi connectivity index (χ1n) is 5.97. The van der Waals surface area contributed by atoms with Crippen LogP contribution in [0.3, 0.4) is 0 Å². The number of pyridine rings is 1.